The maximum Gasteiger partial charge on any atom is 0.134 e. The summed E-state index contributed by atoms with van der Waals surface area (Å²) in [5.41, 5.74) is 2.32. The van der Waals surface area contributed by atoms with Crippen molar-refractivity contribution < 1.29 is 4.42 Å². The van der Waals surface area contributed by atoms with E-state index in [0.717, 1.165) is 24.3 Å². The van der Waals surface area contributed by atoms with Crippen molar-refractivity contribution in [2.24, 2.45) is 0 Å². The topological polar surface area (TPSA) is 25.2 Å². The van der Waals surface area contributed by atoms with Gasteiger partial charge in [0.25, 0.3) is 0 Å². The number of para-hydroxylation sites is 1. The normalized spacial score (nSPS) is 12.7. The van der Waals surface area contributed by atoms with Crippen LogP contribution in [-0.2, 0) is 6.42 Å². The van der Waals surface area contributed by atoms with Crippen molar-refractivity contribution in [3.05, 3.63) is 72.0 Å². The summed E-state index contributed by atoms with van der Waals surface area (Å²) in [5.74, 6) is 0.999. The average molecular weight is 265 g/mol. The lowest BCUT2D eigenvalue weighted by Gasteiger charge is -2.11. The molecule has 1 N–H and O–H groups in total. The first-order chi connectivity index (χ1) is 9.83. The Morgan fingerprint density at radius 3 is 2.55 bits per heavy atom. The monoisotopic (exact) mass is 265 g/mol. The third kappa shape index (κ3) is 2.91. The van der Waals surface area contributed by atoms with Crippen LogP contribution in [0.2, 0.25) is 0 Å². The van der Waals surface area contributed by atoms with E-state index in [1.54, 1.807) is 0 Å². The average Bonchev–Trinajstić information content (AvgIpc) is 2.92. The summed E-state index contributed by atoms with van der Waals surface area (Å²) in [6, 6.07) is 21.0. The van der Waals surface area contributed by atoms with Crippen LogP contribution >= 0.6 is 0 Å². The second kappa shape index (κ2) is 5.93. The Hall–Kier alpha value is -2.06. The molecule has 0 saturated carbocycles. The smallest absolute Gasteiger partial charge is 0.134 e. The Bertz CT molecular complexity index is 639. The van der Waals surface area contributed by atoms with Gasteiger partial charge in [-0.25, -0.2) is 0 Å². The van der Waals surface area contributed by atoms with Crippen LogP contribution in [0.1, 0.15) is 24.3 Å². The molecule has 102 valence electrons. The standard InChI is InChI=1S/C18H19NO/c1-14(19-12-11-15-7-3-2-4-8-15)18-13-16-9-5-6-10-17(16)20-18/h2-10,13-14,19H,11-12H2,1H3. The highest BCUT2D eigenvalue weighted by molar-refractivity contribution is 5.77. The Kier molecular flexibility index (Phi) is 3.84. The molecule has 2 heteroatoms. The van der Waals surface area contributed by atoms with Crippen LogP contribution in [0.25, 0.3) is 11.0 Å². The molecule has 1 unspecified atom stereocenters. The number of hydrogen-bond acceptors (Lipinski definition) is 2. The maximum atomic E-state index is 5.87. The van der Waals surface area contributed by atoms with Crippen LogP contribution in [0.15, 0.2) is 65.1 Å². The van der Waals surface area contributed by atoms with Crippen molar-refractivity contribution in [2.45, 2.75) is 19.4 Å². The quantitative estimate of drug-likeness (QED) is 0.743. The van der Waals surface area contributed by atoms with Crippen LogP contribution in [-0.4, -0.2) is 6.54 Å². The lowest BCUT2D eigenvalue weighted by Crippen LogP contribution is -2.20. The summed E-state index contributed by atoms with van der Waals surface area (Å²) < 4.78 is 5.87. The molecule has 20 heavy (non-hydrogen) atoms. The van der Waals surface area contributed by atoms with Crippen LogP contribution in [0.3, 0.4) is 0 Å². The Morgan fingerprint density at radius 1 is 1.00 bits per heavy atom. The van der Waals surface area contributed by atoms with Crippen molar-refractivity contribution >= 4 is 11.0 Å². The number of rotatable bonds is 5. The van der Waals surface area contributed by atoms with Gasteiger partial charge in [-0.3, -0.25) is 0 Å². The molecule has 0 radical (unpaired) electrons. The van der Waals surface area contributed by atoms with Gasteiger partial charge in [-0.05, 0) is 37.6 Å². The molecule has 1 heterocycles. The molecule has 3 rings (SSSR count). The first-order valence-electron chi connectivity index (χ1n) is 7.09. The minimum atomic E-state index is 0.228. The summed E-state index contributed by atoms with van der Waals surface area (Å²) >= 11 is 0. The summed E-state index contributed by atoms with van der Waals surface area (Å²) in [5, 5.41) is 4.68. The molecule has 0 aliphatic rings. The largest absolute Gasteiger partial charge is 0.459 e. The van der Waals surface area contributed by atoms with Gasteiger partial charge in [-0.2, -0.15) is 0 Å². The van der Waals surface area contributed by atoms with Crippen LogP contribution < -0.4 is 5.32 Å². The lowest BCUT2D eigenvalue weighted by molar-refractivity contribution is 0.453. The summed E-state index contributed by atoms with van der Waals surface area (Å²) in [6.45, 7) is 3.09. The van der Waals surface area contributed by atoms with Crippen LogP contribution in [0, 0.1) is 0 Å². The molecule has 0 amide bonds. The zero-order valence-electron chi connectivity index (χ0n) is 11.7. The van der Waals surface area contributed by atoms with E-state index >= 15 is 0 Å². The van der Waals surface area contributed by atoms with E-state index in [-0.39, 0.29) is 6.04 Å². The van der Waals surface area contributed by atoms with Gasteiger partial charge in [-0.15, -0.1) is 0 Å². The minimum Gasteiger partial charge on any atom is -0.459 e. The highest BCUT2D eigenvalue weighted by Crippen LogP contribution is 2.23. The first-order valence-corrected chi connectivity index (χ1v) is 7.09. The molecule has 1 atom stereocenters. The van der Waals surface area contributed by atoms with Crippen molar-refractivity contribution in [2.75, 3.05) is 6.54 Å². The first kappa shape index (κ1) is 12.9. The van der Waals surface area contributed by atoms with Crippen molar-refractivity contribution in [1.29, 1.82) is 0 Å². The Morgan fingerprint density at radius 2 is 1.75 bits per heavy atom. The van der Waals surface area contributed by atoms with E-state index in [4.69, 9.17) is 4.42 Å². The summed E-state index contributed by atoms with van der Waals surface area (Å²) in [7, 11) is 0. The van der Waals surface area contributed by atoms with Crippen molar-refractivity contribution in [3.63, 3.8) is 0 Å². The van der Waals surface area contributed by atoms with Gasteiger partial charge in [0.05, 0.1) is 6.04 Å². The van der Waals surface area contributed by atoms with Crippen molar-refractivity contribution in [3.8, 4) is 0 Å². The van der Waals surface area contributed by atoms with E-state index in [2.05, 4.69) is 48.6 Å². The minimum absolute atomic E-state index is 0.228. The van der Waals surface area contributed by atoms with Crippen LogP contribution in [0.5, 0.6) is 0 Å². The molecule has 0 aliphatic heterocycles. The van der Waals surface area contributed by atoms with Gasteiger partial charge in [0, 0.05) is 5.39 Å². The van der Waals surface area contributed by atoms with Gasteiger partial charge in [0.15, 0.2) is 0 Å². The molecular weight excluding hydrogens is 246 g/mol. The number of hydrogen-bond donors (Lipinski definition) is 1. The molecule has 3 aromatic rings. The molecule has 0 fully saturated rings. The van der Waals surface area contributed by atoms with Gasteiger partial charge < -0.3 is 9.73 Å². The van der Waals surface area contributed by atoms with E-state index in [1.807, 2.05) is 24.3 Å². The van der Waals surface area contributed by atoms with E-state index in [9.17, 15) is 0 Å². The highest BCUT2D eigenvalue weighted by atomic mass is 16.3. The fourth-order valence-corrected chi connectivity index (χ4v) is 2.39. The van der Waals surface area contributed by atoms with Gasteiger partial charge in [-0.1, -0.05) is 48.5 Å². The van der Waals surface area contributed by atoms with Crippen molar-refractivity contribution in [1.82, 2.24) is 5.32 Å². The number of benzene rings is 2. The zero-order valence-corrected chi connectivity index (χ0v) is 11.7. The molecule has 0 saturated heterocycles. The molecule has 0 aliphatic carbocycles. The molecular formula is C18H19NO. The second-order valence-corrected chi connectivity index (χ2v) is 5.10. The number of furan rings is 1. The Labute approximate surface area is 119 Å². The number of fused-ring (bicyclic) bond motifs is 1. The predicted octanol–water partition coefficient (Wildman–Crippen LogP) is 4.33. The molecule has 2 aromatic carbocycles. The third-order valence-corrected chi connectivity index (χ3v) is 3.58. The van der Waals surface area contributed by atoms with E-state index < -0.39 is 0 Å². The molecule has 2 nitrogen and oxygen atoms in total. The van der Waals surface area contributed by atoms with E-state index in [0.29, 0.717) is 0 Å². The number of nitrogens with one attached hydrogen (secondary N) is 1. The molecule has 0 bridgehead atoms. The maximum absolute atomic E-state index is 5.87. The van der Waals surface area contributed by atoms with Gasteiger partial charge >= 0.3 is 0 Å². The highest BCUT2D eigenvalue weighted by Gasteiger charge is 2.10. The summed E-state index contributed by atoms with van der Waals surface area (Å²) in [4.78, 5) is 0. The predicted molar refractivity (Wildman–Crippen MR) is 82.8 cm³/mol. The fraction of sp³-hybridized carbons (Fsp3) is 0.222. The Balaban J connectivity index is 1.60. The lowest BCUT2D eigenvalue weighted by atomic mass is 10.1. The summed E-state index contributed by atoms with van der Waals surface area (Å²) in [6.07, 6.45) is 1.03. The van der Waals surface area contributed by atoms with Gasteiger partial charge in [0.1, 0.15) is 11.3 Å². The third-order valence-electron chi connectivity index (χ3n) is 3.58. The zero-order chi connectivity index (χ0) is 13.8. The second-order valence-electron chi connectivity index (χ2n) is 5.10. The van der Waals surface area contributed by atoms with Crippen LogP contribution in [0.4, 0.5) is 0 Å². The van der Waals surface area contributed by atoms with Gasteiger partial charge in [0.2, 0.25) is 0 Å². The molecule has 1 aromatic heterocycles. The fourth-order valence-electron chi connectivity index (χ4n) is 2.39. The van der Waals surface area contributed by atoms with E-state index in [1.165, 1.54) is 10.9 Å². The molecule has 0 spiro atoms. The SMILES string of the molecule is CC(NCCc1ccccc1)c1cc2ccccc2o1.